The zero-order valence-electron chi connectivity index (χ0n) is 19.3. The number of aryl methyl sites for hydroxylation is 1. The fourth-order valence-corrected chi connectivity index (χ4v) is 3.98. The van der Waals surface area contributed by atoms with E-state index in [0.29, 0.717) is 40.2 Å². The van der Waals surface area contributed by atoms with Gasteiger partial charge in [0.2, 0.25) is 5.88 Å². The normalized spacial score (nSPS) is 15.3. The van der Waals surface area contributed by atoms with Crippen LogP contribution in [0.4, 0.5) is 0 Å². The van der Waals surface area contributed by atoms with Crippen molar-refractivity contribution in [3.05, 3.63) is 59.1 Å². The van der Waals surface area contributed by atoms with Crippen LogP contribution in [0.2, 0.25) is 5.02 Å². The van der Waals surface area contributed by atoms with Crippen LogP contribution in [-0.2, 0) is 6.54 Å². The van der Waals surface area contributed by atoms with Gasteiger partial charge in [0, 0.05) is 11.8 Å². The molecule has 176 valence electrons. The average Bonchev–Trinajstić information content (AvgIpc) is 3.42. The van der Waals surface area contributed by atoms with Gasteiger partial charge in [-0.25, -0.2) is 9.97 Å². The third-order valence-electron chi connectivity index (χ3n) is 5.86. The first-order chi connectivity index (χ1) is 16.3. The zero-order chi connectivity index (χ0) is 23.9. The Kier molecular flexibility index (Phi) is 5.87. The highest BCUT2D eigenvalue weighted by Crippen LogP contribution is 2.41. The molecule has 8 nitrogen and oxygen atoms in total. The minimum Gasteiger partial charge on any atom is -0.488 e. The van der Waals surface area contributed by atoms with Crippen molar-refractivity contribution in [1.29, 1.82) is 0 Å². The lowest BCUT2D eigenvalue weighted by atomic mass is 10.2. The molecule has 5 rings (SSSR count). The molecular weight excluding hydrogens is 454 g/mol. The molecule has 0 spiro atoms. The van der Waals surface area contributed by atoms with E-state index in [2.05, 4.69) is 21.9 Å². The number of pyridine rings is 1. The number of halogens is 1. The summed E-state index contributed by atoms with van der Waals surface area (Å²) < 4.78 is 13.9. The van der Waals surface area contributed by atoms with Gasteiger partial charge in [0.1, 0.15) is 29.6 Å². The van der Waals surface area contributed by atoms with Gasteiger partial charge in [0.25, 0.3) is 0 Å². The van der Waals surface area contributed by atoms with Crippen molar-refractivity contribution in [2.24, 2.45) is 0 Å². The second-order valence-electron chi connectivity index (χ2n) is 9.00. The standard InChI is InChI=1S/C25H26ClN5O3/c1-15-6-9-27-17(10-15)12-31-22(19-5-4-18(11-20(19)26)33-16(2)13-32)30-21-23(31)28-14-29-24(21)34-25(3)7-8-25/h4-6,9-11,14,16,32H,7-8,12-13H2,1-3H3. The first kappa shape index (κ1) is 22.6. The van der Waals surface area contributed by atoms with Gasteiger partial charge in [-0.3, -0.25) is 4.98 Å². The molecule has 0 amide bonds. The molecule has 4 aromatic rings. The van der Waals surface area contributed by atoms with E-state index in [1.807, 2.05) is 35.8 Å². The van der Waals surface area contributed by atoms with E-state index in [9.17, 15) is 5.11 Å². The van der Waals surface area contributed by atoms with Crippen LogP contribution in [0.25, 0.3) is 22.6 Å². The molecule has 0 saturated heterocycles. The maximum Gasteiger partial charge on any atom is 0.245 e. The Bertz CT molecular complexity index is 1350. The van der Waals surface area contributed by atoms with Crippen molar-refractivity contribution < 1.29 is 14.6 Å². The van der Waals surface area contributed by atoms with Crippen LogP contribution in [0.3, 0.4) is 0 Å². The van der Waals surface area contributed by atoms with Crippen LogP contribution >= 0.6 is 11.6 Å². The molecule has 0 radical (unpaired) electrons. The number of rotatable bonds is 8. The second-order valence-corrected chi connectivity index (χ2v) is 9.41. The van der Waals surface area contributed by atoms with Gasteiger partial charge in [-0.2, -0.15) is 4.98 Å². The first-order valence-electron chi connectivity index (χ1n) is 11.2. The molecule has 0 aliphatic heterocycles. The van der Waals surface area contributed by atoms with Crippen molar-refractivity contribution in [2.75, 3.05) is 6.61 Å². The number of imidazole rings is 1. The Morgan fingerprint density at radius 1 is 1.18 bits per heavy atom. The molecule has 34 heavy (non-hydrogen) atoms. The van der Waals surface area contributed by atoms with Crippen molar-refractivity contribution in [1.82, 2.24) is 24.5 Å². The number of aliphatic hydroxyl groups is 1. The highest BCUT2D eigenvalue weighted by molar-refractivity contribution is 6.33. The molecule has 0 bridgehead atoms. The molecule has 1 aromatic carbocycles. The van der Waals surface area contributed by atoms with Gasteiger partial charge in [0.15, 0.2) is 11.2 Å². The van der Waals surface area contributed by atoms with Gasteiger partial charge in [-0.15, -0.1) is 0 Å². The predicted molar refractivity (Wildman–Crippen MR) is 129 cm³/mol. The monoisotopic (exact) mass is 479 g/mol. The molecule has 1 fully saturated rings. The van der Waals surface area contributed by atoms with E-state index in [1.54, 1.807) is 19.2 Å². The summed E-state index contributed by atoms with van der Waals surface area (Å²) in [5.74, 6) is 1.68. The van der Waals surface area contributed by atoms with E-state index >= 15 is 0 Å². The molecule has 3 aromatic heterocycles. The third kappa shape index (κ3) is 4.56. The topological polar surface area (TPSA) is 95.2 Å². The molecular formula is C25H26ClN5O3. The van der Waals surface area contributed by atoms with E-state index < -0.39 is 0 Å². The summed E-state index contributed by atoms with van der Waals surface area (Å²) in [6.07, 6.45) is 4.93. The largest absolute Gasteiger partial charge is 0.488 e. The van der Waals surface area contributed by atoms with Crippen molar-refractivity contribution >= 4 is 22.8 Å². The van der Waals surface area contributed by atoms with Crippen LogP contribution < -0.4 is 9.47 Å². The maximum absolute atomic E-state index is 9.28. The van der Waals surface area contributed by atoms with Crippen LogP contribution in [0, 0.1) is 6.92 Å². The lowest BCUT2D eigenvalue weighted by Crippen LogP contribution is -2.16. The van der Waals surface area contributed by atoms with Gasteiger partial charge >= 0.3 is 0 Å². The molecule has 1 unspecified atom stereocenters. The molecule has 1 aliphatic carbocycles. The molecule has 1 atom stereocenters. The highest BCUT2D eigenvalue weighted by atomic mass is 35.5. The van der Waals surface area contributed by atoms with Crippen LogP contribution in [0.1, 0.15) is 37.9 Å². The summed E-state index contributed by atoms with van der Waals surface area (Å²) in [5.41, 5.74) is 3.75. The number of aliphatic hydroxyl groups excluding tert-OH is 1. The smallest absolute Gasteiger partial charge is 0.245 e. The van der Waals surface area contributed by atoms with E-state index in [-0.39, 0.29) is 18.3 Å². The quantitative estimate of drug-likeness (QED) is 0.395. The summed E-state index contributed by atoms with van der Waals surface area (Å²) in [7, 11) is 0. The summed E-state index contributed by atoms with van der Waals surface area (Å²) in [5, 5.41) is 9.76. The van der Waals surface area contributed by atoms with Gasteiger partial charge in [0.05, 0.1) is 23.9 Å². The Balaban J connectivity index is 1.63. The summed E-state index contributed by atoms with van der Waals surface area (Å²) >= 11 is 6.70. The van der Waals surface area contributed by atoms with E-state index in [4.69, 9.17) is 26.1 Å². The Morgan fingerprint density at radius 3 is 2.71 bits per heavy atom. The SMILES string of the molecule is Cc1ccnc(Cn2c(-c3ccc(OC(C)CO)cc3Cl)nc3c(OC4(C)CC4)ncnc32)c1. The number of nitrogens with zero attached hydrogens (tertiary/aromatic N) is 5. The number of fused-ring (bicyclic) bond motifs is 1. The van der Waals surface area contributed by atoms with E-state index in [1.165, 1.54) is 6.33 Å². The summed E-state index contributed by atoms with van der Waals surface area (Å²) in [6.45, 7) is 6.26. The lowest BCUT2D eigenvalue weighted by molar-refractivity contribution is 0.130. The Hall–Kier alpha value is -3.23. The Labute approximate surface area is 202 Å². The highest BCUT2D eigenvalue weighted by Gasteiger charge is 2.41. The predicted octanol–water partition coefficient (Wildman–Crippen LogP) is 4.59. The minimum atomic E-state index is -0.336. The minimum absolute atomic E-state index is 0.0843. The number of ether oxygens (including phenoxy) is 2. The summed E-state index contributed by atoms with van der Waals surface area (Å²) in [4.78, 5) is 18.3. The summed E-state index contributed by atoms with van der Waals surface area (Å²) in [6, 6.07) is 9.40. The van der Waals surface area contributed by atoms with Gasteiger partial charge in [-0.05, 0) is 69.5 Å². The average molecular weight is 480 g/mol. The fourth-order valence-electron chi connectivity index (χ4n) is 3.72. The molecule has 1 aliphatic rings. The van der Waals surface area contributed by atoms with Crippen LogP contribution in [0.5, 0.6) is 11.6 Å². The molecule has 3 heterocycles. The molecule has 1 saturated carbocycles. The number of benzene rings is 1. The van der Waals surface area contributed by atoms with Crippen molar-refractivity contribution in [3.8, 4) is 23.0 Å². The fraction of sp³-hybridized carbons (Fsp3) is 0.360. The first-order valence-corrected chi connectivity index (χ1v) is 11.6. The third-order valence-corrected chi connectivity index (χ3v) is 6.18. The zero-order valence-corrected chi connectivity index (χ0v) is 20.1. The van der Waals surface area contributed by atoms with Crippen molar-refractivity contribution in [2.45, 2.75) is 51.9 Å². The van der Waals surface area contributed by atoms with Crippen molar-refractivity contribution in [3.63, 3.8) is 0 Å². The number of hydrogen-bond donors (Lipinski definition) is 1. The van der Waals surface area contributed by atoms with Crippen LogP contribution in [0.15, 0.2) is 42.9 Å². The number of aromatic nitrogens is 5. The maximum atomic E-state index is 9.28. The van der Waals surface area contributed by atoms with Crippen LogP contribution in [-0.4, -0.2) is 47.9 Å². The molecule has 1 N–H and O–H groups in total. The Morgan fingerprint density at radius 2 is 2.00 bits per heavy atom. The molecule has 9 heteroatoms. The number of hydrogen-bond acceptors (Lipinski definition) is 7. The van der Waals surface area contributed by atoms with Gasteiger partial charge in [-0.1, -0.05) is 11.6 Å². The second kappa shape index (κ2) is 8.85. The van der Waals surface area contributed by atoms with Gasteiger partial charge < -0.3 is 19.1 Å². The lowest BCUT2D eigenvalue weighted by Gasteiger charge is -2.14. The van der Waals surface area contributed by atoms with E-state index in [0.717, 1.165) is 29.7 Å².